The number of hydrogen-bond donors (Lipinski definition) is 2. The number of hydrogen-bond acceptors (Lipinski definition) is 6. The molecule has 0 spiro atoms. The minimum Gasteiger partial charge on any atom is -0.366 e. The highest BCUT2D eigenvalue weighted by Crippen LogP contribution is 2.22. The average Bonchev–Trinajstić information content (AvgIpc) is 3.03. The zero-order valence-corrected chi connectivity index (χ0v) is 14.4. The highest BCUT2D eigenvalue weighted by molar-refractivity contribution is 5.85. The van der Waals surface area contributed by atoms with Crippen molar-refractivity contribution >= 4 is 36.5 Å². The van der Waals surface area contributed by atoms with Crippen molar-refractivity contribution in [2.75, 3.05) is 37.7 Å². The molecule has 2 atom stereocenters. The van der Waals surface area contributed by atoms with Crippen LogP contribution in [0.5, 0.6) is 0 Å². The van der Waals surface area contributed by atoms with Gasteiger partial charge in [0.25, 0.3) is 5.91 Å². The van der Waals surface area contributed by atoms with Crippen molar-refractivity contribution in [3.8, 4) is 0 Å². The number of halogens is 2. The quantitative estimate of drug-likeness (QED) is 0.805. The van der Waals surface area contributed by atoms with Crippen molar-refractivity contribution in [2.24, 2.45) is 0 Å². The van der Waals surface area contributed by atoms with Crippen LogP contribution in [0.2, 0.25) is 0 Å². The van der Waals surface area contributed by atoms with Gasteiger partial charge >= 0.3 is 0 Å². The molecule has 2 saturated heterocycles. The third-order valence-corrected chi connectivity index (χ3v) is 3.96. The van der Waals surface area contributed by atoms with Crippen molar-refractivity contribution in [2.45, 2.75) is 25.0 Å². The molecule has 1 aromatic heterocycles. The standard InChI is InChI=1S/C14H21N5O2.2ClH/c20-14(12-10-15-6-8-21-12)16-9-11-3-2-7-19(11)13-4-1-5-17-18-13;;/h1,4-5,11-12,15H,2-3,6-10H2,(H,16,20);2*1H. The number of ether oxygens (including phenoxy) is 1. The summed E-state index contributed by atoms with van der Waals surface area (Å²) < 4.78 is 5.46. The van der Waals surface area contributed by atoms with E-state index in [0.29, 0.717) is 19.7 Å². The molecule has 0 aromatic carbocycles. The van der Waals surface area contributed by atoms with Crippen LogP contribution in [-0.2, 0) is 9.53 Å². The van der Waals surface area contributed by atoms with Crippen LogP contribution in [0.4, 0.5) is 5.82 Å². The van der Waals surface area contributed by atoms with E-state index in [-0.39, 0.29) is 42.9 Å². The number of carbonyl (C=O) groups is 1. The number of aromatic nitrogens is 2. The van der Waals surface area contributed by atoms with Gasteiger partial charge in [-0.25, -0.2) is 0 Å². The van der Waals surface area contributed by atoms with Gasteiger partial charge in [-0.3, -0.25) is 4.79 Å². The summed E-state index contributed by atoms with van der Waals surface area (Å²) in [5.41, 5.74) is 0. The lowest BCUT2D eigenvalue weighted by molar-refractivity contribution is -0.134. The lowest BCUT2D eigenvalue weighted by atomic mass is 10.2. The van der Waals surface area contributed by atoms with E-state index in [1.165, 1.54) is 0 Å². The lowest BCUT2D eigenvalue weighted by Crippen LogP contribution is -2.50. The van der Waals surface area contributed by atoms with E-state index in [0.717, 1.165) is 31.7 Å². The Morgan fingerprint density at radius 1 is 1.48 bits per heavy atom. The molecule has 9 heteroatoms. The Morgan fingerprint density at radius 3 is 3.04 bits per heavy atom. The monoisotopic (exact) mass is 363 g/mol. The summed E-state index contributed by atoms with van der Waals surface area (Å²) >= 11 is 0. The maximum atomic E-state index is 12.1. The van der Waals surface area contributed by atoms with E-state index >= 15 is 0 Å². The van der Waals surface area contributed by atoms with Crippen LogP contribution in [0, 0.1) is 0 Å². The average molecular weight is 364 g/mol. The van der Waals surface area contributed by atoms with Crippen LogP contribution in [0.3, 0.4) is 0 Å². The first-order chi connectivity index (χ1) is 10.3. The number of carbonyl (C=O) groups excluding carboxylic acids is 1. The zero-order chi connectivity index (χ0) is 14.5. The smallest absolute Gasteiger partial charge is 0.250 e. The number of amides is 1. The Hall–Kier alpha value is -1.15. The first-order valence-corrected chi connectivity index (χ1v) is 7.49. The summed E-state index contributed by atoms with van der Waals surface area (Å²) in [5.74, 6) is 0.845. The molecule has 2 fully saturated rings. The molecule has 2 unspecified atom stereocenters. The minimum absolute atomic E-state index is 0. The molecule has 0 radical (unpaired) electrons. The van der Waals surface area contributed by atoms with Gasteiger partial charge in [0.15, 0.2) is 5.82 Å². The molecule has 1 aromatic rings. The zero-order valence-electron chi connectivity index (χ0n) is 12.8. The van der Waals surface area contributed by atoms with Gasteiger partial charge in [-0.1, -0.05) is 0 Å². The number of nitrogens with zero attached hydrogens (tertiary/aromatic N) is 3. The predicted octanol–water partition coefficient (Wildman–Crippen LogP) is 0.394. The second-order valence-electron chi connectivity index (χ2n) is 5.38. The molecule has 1 amide bonds. The van der Waals surface area contributed by atoms with Crippen molar-refractivity contribution in [3.05, 3.63) is 18.3 Å². The van der Waals surface area contributed by atoms with Crippen LogP contribution < -0.4 is 15.5 Å². The minimum atomic E-state index is -0.370. The second-order valence-corrected chi connectivity index (χ2v) is 5.38. The Kier molecular flexibility index (Phi) is 8.54. The number of anilines is 1. The Balaban J connectivity index is 0.00000132. The van der Waals surface area contributed by atoms with Crippen LogP contribution in [0.1, 0.15) is 12.8 Å². The van der Waals surface area contributed by atoms with Gasteiger partial charge in [0.1, 0.15) is 6.10 Å². The highest BCUT2D eigenvalue weighted by atomic mass is 35.5. The SMILES string of the molecule is Cl.Cl.O=C(NCC1CCCN1c1cccnn1)C1CNCCO1. The summed E-state index contributed by atoms with van der Waals surface area (Å²) in [6.45, 7) is 3.57. The third kappa shape index (κ3) is 5.17. The Labute approximate surface area is 148 Å². The molecule has 2 N–H and O–H groups in total. The highest BCUT2D eigenvalue weighted by Gasteiger charge is 2.28. The normalized spacial score (nSPS) is 23.6. The number of nitrogens with one attached hydrogen (secondary N) is 2. The van der Waals surface area contributed by atoms with E-state index in [2.05, 4.69) is 25.7 Å². The van der Waals surface area contributed by atoms with Crippen LogP contribution >= 0.6 is 24.8 Å². The molecule has 2 aliphatic heterocycles. The first-order valence-electron chi connectivity index (χ1n) is 7.49. The van der Waals surface area contributed by atoms with Crippen molar-refractivity contribution in [1.82, 2.24) is 20.8 Å². The van der Waals surface area contributed by atoms with E-state index in [4.69, 9.17) is 4.74 Å². The molecule has 0 aliphatic carbocycles. The maximum Gasteiger partial charge on any atom is 0.250 e. The van der Waals surface area contributed by atoms with E-state index < -0.39 is 0 Å². The maximum absolute atomic E-state index is 12.1. The topological polar surface area (TPSA) is 79.4 Å². The Bertz CT molecular complexity index is 473. The summed E-state index contributed by atoms with van der Waals surface area (Å²) in [7, 11) is 0. The van der Waals surface area contributed by atoms with Crippen molar-refractivity contribution in [1.29, 1.82) is 0 Å². The van der Waals surface area contributed by atoms with Crippen molar-refractivity contribution < 1.29 is 9.53 Å². The molecule has 0 saturated carbocycles. The van der Waals surface area contributed by atoms with Gasteiger partial charge in [-0.2, -0.15) is 5.10 Å². The first kappa shape index (κ1) is 19.9. The number of rotatable bonds is 4. The summed E-state index contributed by atoms with van der Waals surface area (Å²) in [4.78, 5) is 14.3. The molecular weight excluding hydrogens is 341 g/mol. The van der Waals surface area contributed by atoms with E-state index in [1.807, 2.05) is 12.1 Å². The molecule has 3 heterocycles. The van der Waals surface area contributed by atoms with Crippen LogP contribution in [0.25, 0.3) is 0 Å². The summed E-state index contributed by atoms with van der Waals surface area (Å²) in [6.07, 6.45) is 3.47. The van der Waals surface area contributed by atoms with Crippen molar-refractivity contribution in [3.63, 3.8) is 0 Å². The van der Waals surface area contributed by atoms with Gasteiger partial charge in [0, 0.05) is 38.4 Å². The van der Waals surface area contributed by atoms with Crippen LogP contribution in [-0.4, -0.2) is 61.0 Å². The fourth-order valence-electron chi connectivity index (χ4n) is 2.86. The fraction of sp³-hybridized carbons (Fsp3) is 0.643. The van der Waals surface area contributed by atoms with E-state index in [1.54, 1.807) is 6.20 Å². The van der Waals surface area contributed by atoms with Gasteiger partial charge in [0.05, 0.1) is 6.61 Å². The molecular formula is C14H23Cl2N5O2. The summed E-state index contributed by atoms with van der Waals surface area (Å²) in [6, 6.07) is 4.13. The molecule has 7 nitrogen and oxygen atoms in total. The number of morpholine rings is 1. The molecule has 23 heavy (non-hydrogen) atoms. The molecule has 3 rings (SSSR count). The predicted molar refractivity (Wildman–Crippen MR) is 92.5 cm³/mol. The van der Waals surface area contributed by atoms with Gasteiger partial charge in [0.2, 0.25) is 0 Å². The fourth-order valence-corrected chi connectivity index (χ4v) is 2.86. The largest absolute Gasteiger partial charge is 0.366 e. The van der Waals surface area contributed by atoms with Crippen LogP contribution in [0.15, 0.2) is 18.3 Å². The molecule has 0 bridgehead atoms. The lowest BCUT2D eigenvalue weighted by Gasteiger charge is -2.27. The van der Waals surface area contributed by atoms with Gasteiger partial charge in [-0.15, -0.1) is 29.9 Å². The summed E-state index contributed by atoms with van der Waals surface area (Å²) in [5, 5.41) is 14.2. The Morgan fingerprint density at radius 2 is 2.35 bits per heavy atom. The van der Waals surface area contributed by atoms with Gasteiger partial charge < -0.3 is 20.3 Å². The third-order valence-electron chi connectivity index (χ3n) is 3.96. The molecule has 2 aliphatic rings. The van der Waals surface area contributed by atoms with Gasteiger partial charge in [-0.05, 0) is 25.0 Å². The molecule has 130 valence electrons. The van der Waals surface area contributed by atoms with E-state index in [9.17, 15) is 4.79 Å². The second kappa shape index (κ2) is 9.87.